The number of amides is 3. The molecule has 0 unspecified atom stereocenters. The van der Waals surface area contributed by atoms with Gasteiger partial charge < -0.3 is 10.1 Å². The number of anilines is 1. The van der Waals surface area contributed by atoms with Gasteiger partial charge in [-0.2, -0.15) is 0 Å². The predicted molar refractivity (Wildman–Crippen MR) is 147 cm³/mol. The number of nitrogens with zero attached hydrogens (tertiary/aromatic N) is 1. The first-order chi connectivity index (χ1) is 17.3. The average Bonchev–Trinajstić information content (AvgIpc) is 3.11. The summed E-state index contributed by atoms with van der Waals surface area (Å²) in [7, 11) is 0. The maximum absolute atomic E-state index is 12.8. The van der Waals surface area contributed by atoms with Crippen LogP contribution >= 0.6 is 46.7 Å². The number of ether oxygens (including phenoxy) is 1. The molecule has 1 heterocycles. The Hall–Kier alpha value is -2.91. The van der Waals surface area contributed by atoms with Gasteiger partial charge in [-0.05, 0) is 72.1 Å². The summed E-state index contributed by atoms with van der Waals surface area (Å²) in [5.74, 6) is -0.397. The van der Waals surface area contributed by atoms with E-state index in [1.54, 1.807) is 66.4 Å². The lowest BCUT2D eigenvalue weighted by Gasteiger charge is -2.12. The Morgan fingerprint density at radius 3 is 2.67 bits per heavy atom. The number of nitrogens with one attached hydrogen (secondary N) is 1. The van der Waals surface area contributed by atoms with Gasteiger partial charge in [-0.1, -0.05) is 47.5 Å². The molecular formula is C26H20Cl2N2O4S2. The Kier molecular flexibility index (Phi) is 8.64. The lowest BCUT2D eigenvalue weighted by molar-refractivity contribution is -0.127. The van der Waals surface area contributed by atoms with E-state index >= 15 is 0 Å². The molecule has 0 bridgehead atoms. The van der Waals surface area contributed by atoms with Gasteiger partial charge in [0.25, 0.3) is 11.1 Å². The second-order valence-corrected chi connectivity index (χ2v) is 10.4. The molecule has 36 heavy (non-hydrogen) atoms. The van der Waals surface area contributed by atoms with Gasteiger partial charge in [0.2, 0.25) is 5.91 Å². The van der Waals surface area contributed by atoms with Crippen LogP contribution in [0, 0.1) is 0 Å². The zero-order valence-electron chi connectivity index (χ0n) is 19.0. The summed E-state index contributed by atoms with van der Waals surface area (Å²) in [6, 6.07) is 19.6. The third-order valence-corrected chi connectivity index (χ3v) is 7.31. The number of carbonyl (C=O) groups is 3. The molecule has 1 fully saturated rings. The zero-order chi connectivity index (χ0) is 25.7. The summed E-state index contributed by atoms with van der Waals surface area (Å²) >= 11 is 14.5. The number of imide groups is 1. The molecular weight excluding hydrogens is 539 g/mol. The van der Waals surface area contributed by atoms with Gasteiger partial charge in [-0.15, -0.1) is 11.8 Å². The minimum Gasteiger partial charge on any atom is -0.489 e. The Morgan fingerprint density at radius 2 is 1.89 bits per heavy atom. The molecule has 3 amide bonds. The highest BCUT2D eigenvalue weighted by Crippen LogP contribution is 2.33. The van der Waals surface area contributed by atoms with E-state index in [1.165, 1.54) is 0 Å². The quantitative estimate of drug-likeness (QED) is 0.237. The first-order valence-electron chi connectivity index (χ1n) is 10.7. The molecule has 0 saturated carbocycles. The Bertz CT molecular complexity index is 1360. The zero-order valence-corrected chi connectivity index (χ0v) is 22.1. The first-order valence-corrected chi connectivity index (χ1v) is 13.5. The molecule has 10 heteroatoms. The van der Waals surface area contributed by atoms with Crippen LogP contribution in [0.25, 0.3) is 6.08 Å². The van der Waals surface area contributed by atoms with Crippen LogP contribution in [0.15, 0.2) is 76.5 Å². The van der Waals surface area contributed by atoms with Crippen LogP contribution in [-0.4, -0.2) is 34.8 Å². The molecule has 3 aromatic rings. The summed E-state index contributed by atoms with van der Waals surface area (Å²) < 4.78 is 5.83. The summed E-state index contributed by atoms with van der Waals surface area (Å²) in [6.45, 7) is -0.124. The highest BCUT2D eigenvalue weighted by atomic mass is 35.5. The lowest BCUT2D eigenvalue weighted by Crippen LogP contribution is -2.36. The van der Waals surface area contributed by atoms with Crippen molar-refractivity contribution in [2.75, 3.05) is 18.1 Å². The molecule has 184 valence electrons. The largest absolute Gasteiger partial charge is 0.489 e. The smallest absolute Gasteiger partial charge is 0.294 e. The van der Waals surface area contributed by atoms with Crippen LogP contribution in [0.4, 0.5) is 10.5 Å². The van der Waals surface area contributed by atoms with Crippen molar-refractivity contribution in [1.29, 1.82) is 0 Å². The van der Waals surface area contributed by atoms with Crippen LogP contribution in [-0.2, 0) is 16.2 Å². The molecule has 6 nitrogen and oxygen atoms in total. The lowest BCUT2D eigenvalue weighted by atomic mass is 10.2. The molecule has 3 aromatic carbocycles. The average molecular weight is 559 g/mol. The number of hydrogen-bond acceptors (Lipinski definition) is 6. The second kappa shape index (κ2) is 11.9. The van der Waals surface area contributed by atoms with Crippen LogP contribution in [0.5, 0.6) is 5.75 Å². The first kappa shape index (κ1) is 26.2. The van der Waals surface area contributed by atoms with Gasteiger partial charge >= 0.3 is 0 Å². The van der Waals surface area contributed by atoms with E-state index in [9.17, 15) is 14.4 Å². The number of thioether (sulfide) groups is 2. The van der Waals surface area contributed by atoms with Crippen molar-refractivity contribution >= 4 is 75.5 Å². The fraction of sp³-hybridized carbons (Fsp3) is 0.115. The van der Waals surface area contributed by atoms with Crippen molar-refractivity contribution in [2.45, 2.75) is 11.5 Å². The molecule has 1 aliphatic heterocycles. The number of halogens is 2. The van der Waals surface area contributed by atoms with E-state index in [-0.39, 0.29) is 18.1 Å². The predicted octanol–water partition coefficient (Wildman–Crippen LogP) is 6.97. The Labute approximate surface area is 227 Å². The Balaban J connectivity index is 1.40. The topological polar surface area (TPSA) is 75.7 Å². The van der Waals surface area contributed by atoms with Crippen LogP contribution in [0.3, 0.4) is 0 Å². The van der Waals surface area contributed by atoms with E-state index in [2.05, 4.69) is 5.32 Å². The van der Waals surface area contributed by atoms with Crippen molar-refractivity contribution in [3.8, 4) is 5.75 Å². The molecule has 1 saturated heterocycles. The maximum atomic E-state index is 12.8. The minimum atomic E-state index is -0.516. The van der Waals surface area contributed by atoms with Crippen LogP contribution in [0.1, 0.15) is 11.1 Å². The van der Waals surface area contributed by atoms with Crippen molar-refractivity contribution in [3.63, 3.8) is 0 Å². The SMILES string of the molecule is CSc1cccc(NC(=O)CN2C(=O)S/C(=C/c3cccc(OCc4ccc(Cl)cc4Cl)c3)C2=O)c1. The van der Waals surface area contributed by atoms with Gasteiger partial charge in [-0.3, -0.25) is 19.3 Å². The number of benzene rings is 3. The van der Waals surface area contributed by atoms with Gasteiger partial charge in [0.15, 0.2) is 0 Å². The highest BCUT2D eigenvalue weighted by molar-refractivity contribution is 8.18. The van der Waals surface area contributed by atoms with E-state index in [0.717, 1.165) is 27.1 Å². The van der Waals surface area contributed by atoms with E-state index in [4.69, 9.17) is 27.9 Å². The minimum absolute atomic E-state index is 0.232. The number of rotatable bonds is 8. The third kappa shape index (κ3) is 6.64. The normalized spacial score (nSPS) is 14.4. The molecule has 0 atom stereocenters. The molecule has 1 aliphatic rings. The molecule has 1 N–H and O–H groups in total. The monoisotopic (exact) mass is 558 g/mol. The molecule has 4 rings (SSSR count). The Morgan fingerprint density at radius 1 is 1.08 bits per heavy atom. The van der Waals surface area contributed by atoms with Crippen molar-refractivity contribution in [3.05, 3.63) is 92.8 Å². The molecule has 0 aromatic heterocycles. The van der Waals surface area contributed by atoms with Gasteiger partial charge in [-0.25, -0.2) is 0 Å². The number of hydrogen-bond donors (Lipinski definition) is 1. The standard InChI is InChI=1S/C26H20Cl2N2O4S2/c1-35-21-7-3-5-19(13-21)29-24(31)14-30-25(32)23(36-26(30)33)11-16-4-2-6-20(10-16)34-15-17-8-9-18(27)12-22(17)28/h2-13H,14-15H2,1H3,(H,29,31)/b23-11+. The van der Waals surface area contributed by atoms with E-state index < -0.39 is 17.1 Å². The van der Waals surface area contributed by atoms with Crippen molar-refractivity contribution in [1.82, 2.24) is 4.90 Å². The summed E-state index contributed by atoms with van der Waals surface area (Å²) in [4.78, 5) is 39.9. The van der Waals surface area contributed by atoms with Crippen molar-refractivity contribution in [2.24, 2.45) is 0 Å². The maximum Gasteiger partial charge on any atom is 0.294 e. The molecule has 0 radical (unpaired) electrons. The summed E-state index contributed by atoms with van der Waals surface area (Å²) in [5, 5.41) is 3.29. The molecule has 0 aliphatic carbocycles. The molecule has 0 spiro atoms. The summed E-state index contributed by atoms with van der Waals surface area (Å²) in [6.07, 6.45) is 3.54. The fourth-order valence-corrected chi connectivity index (χ4v) is 5.09. The van der Waals surface area contributed by atoms with Gasteiger partial charge in [0.05, 0.1) is 4.91 Å². The number of carbonyl (C=O) groups excluding carboxylic acids is 3. The van der Waals surface area contributed by atoms with E-state index in [1.807, 2.05) is 24.5 Å². The van der Waals surface area contributed by atoms with E-state index in [0.29, 0.717) is 27.0 Å². The van der Waals surface area contributed by atoms with Crippen LogP contribution < -0.4 is 10.1 Å². The highest BCUT2D eigenvalue weighted by Gasteiger charge is 2.36. The second-order valence-electron chi connectivity index (χ2n) is 7.64. The van der Waals surface area contributed by atoms with Gasteiger partial charge in [0, 0.05) is 26.2 Å². The third-order valence-electron chi connectivity index (χ3n) is 5.09. The fourth-order valence-electron chi connectivity index (χ4n) is 3.33. The van der Waals surface area contributed by atoms with Crippen LogP contribution in [0.2, 0.25) is 10.0 Å². The van der Waals surface area contributed by atoms with Gasteiger partial charge in [0.1, 0.15) is 18.9 Å². The van der Waals surface area contributed by atoms with Crippen molar-refractivity contribution < 1.29 is 19.1 Å². The summed E-state index contributed by atoms with van der Waals surface area (Å²) in [5.41, 5.74) is 2.07.